The van der Waals surface area contributed by atoms with Crippen molar-refractivity contribution in [1.82, 2.24) is 10.3 Å². The Kier molecular flexibility index (Phi) is 6.75. The predicted molar refractivity (Wildman–Crippen MR) is 122 cm³/mol. The molecule has 2 amide bonds. The highest BCUT2D eigenvalue weighted by atomic mass is 19.1. The van der Waals surface area contributed by atoms with Gasteiger partial charge in [0.15, 0.2) is 0 Å². The number of carbonyl (C=O) groups excluding carboxylic acids is 2. The van der Waals surface area contributed by atoms with Crippen LogP contribution in [-0.4, -0.2) is 29.9 Å². The molecule has 2 heterocycles. The minimum absolute atomic E-state index is 0.0394. The molecule has 1 saturated heterocycles. The van der Waals surface area contributed by atoms with E-state index in [2.05, 4.69) is 20.5 Å². The monoisotopic (exact) mass is 432 g/mol. The maximum absolute atomic E-state index is 13.8. The SMILES string of the molecule is O=C(Nc1ccccc1F)c1ccnc(N2CCC(C(=O)NCc3ccccc3)CC2)c1. The van der Waals surface area contributed by atoms with Crippen LogP contribution in [0.5, 0.6) is 0 Å². The van der Waals surface area contributed by atoms with Crippen molar-refractivity contribution in [2.24, 2.45) is 5.92 Å². The maximum Gasteiger partial charge on any atom is 0.255 e. The van der Waals surface area contributed by atoms with Gasteiger partial charge in [-0.15, -0.1) is 0 Å². The summed E-state index contributed by atoms with van der Waals surface area (Å²) in [5.41, 5.74) is 1.62. The van der Waals surface area contributed by atoms with E-state index in [1.54, 1.807) is 30.5 Å². The third-order valence-electron chi connectivity index (χ3n) is 5.63. The molecular weight excluding hydrogens is 407 g/mol. The quantitative estimate of drug-likeness (QED) is 0.617. The van der Waals surface area contributed by atoms with Crippen LogP contribution in [0.3, 0.4) is 0 Å². The molecule has 1 aliphatic rings. The summed E-state index contributed by atoms with van der Waals surface area (Å²) in [6.07, 6.45) is 3.01. The lowest BCUT2D eigenvalue weighted by Crippen LogP contribution is -2.40. The molecular formula is C25H25FN4O2. The van der Waals surface area contributed by atoms with Gasteiger partial charge in [0.2, 0.25) is 5.91 Å². The second-order valence-electron chi connectivity index (χ2n) is 7.80. The van der Waals surface area contributed by atoms with Crippen LogP contribution in [-0.2, 0) is 11.3 Å². The standard InChI is InChI=1S/C25H25FN4O2/c26-21-8-4-5-9-22(21)29-25(32)20-10-13-27-23(16-20)30-14-11-19(12-15-30)24(31)28-17-18-6-2-1-3-7-18/h1-10,13,16,19H,11-12,14-15,17H2,(H,28,31)(H,29,32). The van der Waals surface area contributed by atoms with Gasteiger partial charge in [-0.3, -0.25) is 9.59 Å². The highest BCUT2D eigenvalue weighted by molar-refractivity contribution is 6.04. The molecule has 0 aliphatic carbocycles. The second kappa shape index (κ2) is 10.0. The van der Waals surface area contributed by atoms with Crippen LogP contribution in [0.15, 0.2) is 72.9 Å². The third-order valence-corrected chi connectivity index (χ3v) is 5.63. The third kappa shape index (κ3) is 5.29. The number of nitrogens with one attached hydrogen (secondary N) is 2. The molecule has 3 aromatic rings. The van der Waals surface area contributed by atoms with Gasteiger partial charge >= 0.3 is 0 Å². The molecule has 0 spiro atoms. The average molecular weight is 432 g/mol. The fraction of sp³-hybridized carbons (Fsp3) is 0.240. The first kappa shape index (κ1) is 21.5. The van der Waals surface area contributed by atoms with Gasteiger partial charge in [0, 0.05) is 37.3 Å². The van der Waals surface area contributed by atoms with Gasteiger partial charge in [0.25, 0.3) is 5.91 Å². The summed E-state index contributed by atoms with van der Waals surface area (Å²) >= 11 is 0. The van der Waals surface area contributed by atoms with Crippen LogP contribution in [0, 0.1) is 11.7 Å². The highest BCUT2D eigenvalue weighted by Crippen LogP contribution is 2.23. The Bertz CT molecular complexity index is 1080. The van der Waals surface area contributed by atoms with E-state index in [9.17, 15) is 14.0 Å². The normalized spacial score (nSPS) is 14.1. The summed E-state index contributed by atoms with van der Waals surface area (Å²) in [6, 6.07) is 19.2. The molecule has 6 nitrogen and oxygen atoms in total. The van der Waals surface area contributed by atoms with Crippen LogP contribution in [0.25, 0.3) is 0 Å². The Morgan fingerprint density at radius 3 is 2.47 bits per heavy atom. The van der Waals surface area contributed by atoms with E-state index in [1.165, 1.54) is 12.1 Å². The van der Waals surface area contributed by atoms with Gasteiger partial charge in [-0.05, 0) is 42.7 Å². The molecule has 1 aliphatic heterocycles. The second-order valence-corrected chi connectivity index (χ2v) is 7.80. The molecule has 32 heavy (non-hydrogen) atoms. The number of anilines is 2. The Balaban J connectivity index is 1.32. The molecule has 2 aromatic carbocycles. The largest absolute Gasteiger partial charge is 0.357 e. The predicted octanol–water partition coefficient (Wildman–Crippen LogP) is 4.01. The number of halogens is 1. The minimum atomic E-state index is -0.484. The molecule has 2 N–H and O–H groups in total. The number of aromatic nitrogens is 1. The molecule has 1 aromatic heterocycles. The number of amides is 2. The molecule has 164 valence electrons. The average Bonchev–Trinajstić information content (AvgIpc) is 2.85. The van der Waals surface area contributed by atoms with Gasteiger partial charge in [-0.1, -0.05) is 42.5 Å². The van der Waals surface area contributed by atoms with E-state index < -0.39 is 11.7 Å². The molecule has 0 bridgehead atoms. The fourth-order valence-electron chi connectivity index (χ4n) is 3.79. The number of nitrogens with zero attached hydrogens (tertiary/aromatic N) is 2. The molecule has 4 rings (SSSR count). The molecule has 0 saturated carbocycles. The van der Waals surface area contributed by atoms with Crippen molar-refractivity contribution in [3.8, 4) is 0 Å². The van der Waals surface area contributed by atoms with Crippen molar-refractivity contribution in [2.45, 2.75) is 19.4 Å². The zero-order valence-electron chi connectivity index (χ0n) is 17.6. The maximum atomic E-state index is 13.8. The summed E-state index contributed by atoms with van der Waals surface area (Å²) in [5.74, 6) is -0.173. The lowest BCUT2D eigenvalue weighted by atomic mass is 9.95. The van der Waals surface area contributed by atoms with E-state index in [0.717, 1.165) is 5.56 Å². The summed E-state index contributed by atoms with van der Waals surface area (Å²) in [4.78, 5) is 31.5. The number of hydrogen-bond donors (Lipinski definition) is 2. The molecule has 0 radical (unpaired) electrons. The van der Waals surface area contributed by atoms with Crippen molar-refractivity contribution in [3.05, 3.63) is 89.9 Å². The van der Waals surface area contributed by atoms with E-state index in [1.807, 2.05) is 30.3 Å². The van der Waals surface area contributed by atoms with Crippen LogP contribution < -0.4 is 15.5 Å². The number of piperidine rings is 1. The highest BCUT2D eigenvalue weighted by Gasteiger charge is 2.25. The molecule has 0 unspecified atom stereocenters. The topological polar surface area (TPSA) is 74.3 Å². The van der Waals surface area contributed by atoms with Gasteiger partial charge in [0.1, 0.15) is 11.6 Å². The summed E-state index contributed by atoms with van der Waals surface area (Å²) in [7, 11) is 0. The molecule has 1 fully saturated rings. The Hall–Kier alpha value is -3.74. The number of pyridine rings is 1. The van der Waals surface area contributed by atoms with E-state index in [4.69, 9.17) is 0 Å². The zero-order chi connectivity index (χ0) is 22.3. The van der Waals surface area contributed by atoms with Crippen LogP contribution >= 0.6 is 0 Å². The van der Waals surface area contributed by atoms with Crippen molar-refractivity contribution >= 4 is 23.3 Å². The van der Waals surface area contributed by atoms with Gasteiger partial charge in [-0.2, -0.15) is 0 Å². The van der Waals surface area contributed by atoms with Crippen LogP contribution in [0.4, 0.5) is 15.9 Å². The molecule has 0 atom stereocenters. The fourth-order valence-corrected chi connectivity index (χ4v) is 3.79. The zero-order valence-corrected chi connectivity index (χ0v) is 17.6. The lowest BCUT2D eigenvalue weighted by molar-refractivity contribution is -0.125. The van der Waals surface area contributed by atoms with Gasteiger partial charge in [0.05, 0.1) is 5.69 Å². The van der Waals surface area contributed by atoms with E-state index in [0.29, 0.717) is 43.9 Å². The van der Waals surface area contributed by atoms with Crippen molar-refractivity contribution in [3.63, 3.8) is 0 Å². The smallest absolute Gasteiger partial charge is 0.255 e. The van der Waals surface area contributed by atoms with Gasteiger partial charge < -0.3 is 15.5 Å². The summed E-state index contributed by atoms with van der Waals surface area (Å²) in [6.45, 7) is 1.88. The van der Waals surface area contributed by atoms with Crippen molar-refractivity contribution < 1.29 is 14.0 Å². The number of carbonyl (C=O) groups is 2. The summed E-state index contributed by atoms with van der Waals surface area (Å²) < 4.78 is 13.8. The van der Waals surface area contributed by atoms with Gasteiger partial charge in [-0.25, -0.2) is 9.37 Å². The van der Waals surface area contributed by atoms with Crippen LogP contribution in [0.1, 0.15) is 28.8 Å². The number of benzene rings is 2. The first-order valence-corrected chi connectivity index (χ1v) is 10.7. The molecule has 7 heteroatoms. The Morgan fingerprint density at radius 1 is 1.00 bits per heavy atom. The van der Waals surface area contributed by atoms with Crippen LogP contribution in [0.2, 0.25) is 0 Å². The van der Waals surface area contributed by atoms with Crippen molar-refractivity contribution in [2.75, 3.05) is 23.3 Å². The van der Waals surface area contributed by atoms with E-state index >= 15 is 0 Å². The number of rotatable bonds is 6. The van der Waals surface area contributed by atoms with Crippen molar-refractivity contribution in [1.29, 1.82) is 0 Å². The Labute approximate surface area is 186 Å². The summed E-state index contributed by atoms with van der Waals surface area (Å²) in [5, 5.41) is 5.61. The lowest BCUT2D eigenvalue weighted by Gasteiger charge is -2.32. The number of hydrogen-bond acceptors (Lipinski definition) is 4. The Morgan fingerprint density at radius 2 is 1.72 bits per heavy atom. The minimum Gasteiger partial charge on any atom is -0.357 e. The first-order chi connectivity index (χ1) is 15.6. The first-order valence-electron chi connectivity index (χ1n) is 10.7. The number of para-hydroxylation sites is 1. The van der Waals surface area contributed by atoms with E-state index in [-0.39, 0.29) is 17.5 Å².